The van der Waals surface area contributed by atoms with Gasteiger partial charge in [0.05, 0.1) is 105 Å². The highest BCUT2D eigenvalue weighted by molar-refractivity contribution is 14.1. The molecule has 6 fully saturated rings. The van der Waals surface area contributed by atoms with E-state index in [9.17, 15) is 41.9 Å². The summed E-state index contributed by atoms with van der Waals surface area (Å²) in [6.45, 7) is 11.4. The molecular weight excluding hydrogens is 1490 g/mol. The number of hydrogen-bond donors (Lipinski definition) is 4. The molecule has 6 amide bonds. The van der Waals surface area contributed by atoms with E-state index >= 15 is 0 Å². The number of amides is 6. The molecule has 109 heavy (non-hydrogen) atoms. The number of fused-ring (bicyclic) bond motifs is 3. The fourth-order valence-electron chi connectivity index (χ4n) is 15.0. The number of nitrogens with one attached hydrogen (secondary N) is 4. The smallest absolute Gasteiger partial charge is 0.235 e. The lowest BCUT2D eigenvalue weighted by molar-refractivity contribution is -0.128. The minimum Gasteiger partial charge on any atom is -0.350 e. The van der Waals surface area contributed by atoms with E-state index in [2.05, 4.69) is 65.2 Å². The first-order chi connectivity index (χ1) is 52.4. The molecule has 0 bridgehead atoms. The highest BCUT2D eigenvalue weighted by atomic mass is 127. The van der Waals surface area contributed by atoms with Crippen molar-refractivity contribution in [1.29, 1.82) is 0 Å². The first-order valence-electron chi connectivity index (χ1n) is 36.8. The average molecular weight is 1580 g/mol. The molecule has 3 aromatic heterocycles. The first kappa shape index (κ1) is 73.3. The van der Waals surface area contributed by atoms with Crippen molar-refractivity contribution in [3.05, 3.63) is 275 Å². The highest BCUT2D eigenvalue weighted by Gasteiger charge is 2.58. The van der Waals surface area contributed by atoms with Crippen LogP contribution in [-0.2, 0) is 28.8 Å². The van der Waals surface area contributed by atoms with Crippen LogP contribution in [0.2, 0.25) is 0 Å². The van der Waals surface area contributed by atoms with Crippen LogP contribution in [0.3, 0.4) is 0 Å². The van der Waals surface area contributed by atoms with Gasteiger partial charge in [-0.05, 0) is 247 Å². The molecule has 0 spiro atoms. The van der Waals surface area contributed by atoms with Crippen molar-refractivity contribution in [3.8, 4) is 17.1 Å². The van der Waals surface area contributed by atoms with Gasteiger partial charge in [0.2, 0.25) is 35.4 Å². The third-order valence-electron chi connectivity index (χ3n) is 21.8. The van der Waals surface area contributed by atoms with Crippen LogP contribution in [0.1, 0.15) is 115 Å². The number of benzene rings is 9. The summed E-state index contributed by atoms with van der Waals surface area (Å²) in [6, 6.07) is 64.2. The molecule has 4 N–H and O–H groups in total. The summed E-state index contributed by atoms with van der Waals surface area (Å²) in [5, 5.41) is 28.7. The normalized spacial score (nSPS) is 20.8. The second kappa shape index (κ2) is 29.7. The Morgan fingerprint density at radius 3 is 1.06 bits per heavy atom. The van der Waals surface area contributed by atoms with Gasteiger partial charge >= 0.3 is 0 Å². The maximum Gasteiger partial charge on any atom is 0.235 e. The molecule has 6 aliphatic rings. The molecule has 22 heteroatoms. The topological polar surface area (TPSA) is 210 Å². The summed E-state index contributed by atoms with van der Waals surface area (Å²) in [5.74, 6) is -0.536. The minimum absolute atomic E-state index is 0.00699. The van der Waals surface area contributed by atoms with Crippen LogP contribution in [0, 0.1) is 55.0 Å². The predicted octanol–water partition coefficient (Wildman–Crippen LogP) is 15.9. The molecule has 18 rings (SSSR count). The summed E-state index contributed by atoms with van der Waals surface area (Å²) in [5.41, 5.74) is 7.39. The zero-order valence-electron chi connectivity index (χ0n) is 61.0. The number of anilines is 2. The molecule has 6 heterocycles. The molecule has 0 radical (unpaired) electrons. The third-order valence-corrected chi connectivity index (χ3v) is 22.5. The van der Waals surface area contributed by atoms with Crippen LogP contribution >= 0.6 is 22.6 Å². The first-order valence-corrected chi connectivity index (χ1v) is 37.9. The quantitative estimate of drug-likeness (QED) is 0.0762. The van der Waals surface area contributed by atoms with E-state index in [1.54, 1.807) is 58.2 Å². The summed E-state index contributed by atoms with van der Waals surface area (Å²) in [4.78, 5) is 81.4. The lowest BCUT2D eigenvalue weighted by Gasteiger charge is -2.31. The fourth-order valence-corrected chi connectivity index (χ4v) is 15.5. The Kier molecular flexibility index (Phi) is 20.0. The van der Waals surface area contributed by atoms with Gasteiger partial charge in [-0.2, -0.15) is 15.3 Å². The van der Waals surface area contributed by atoms with Crippen molar-refractivity contribution in [1.82, 2.24) is 50.6 Å². The van der Waals surface area contributed by atoms with Crippen molar-refractivity contribution in [2.24, 2.45) is 34.0 Å². The summed E-state index contributed by atoms with van der Waals surface area (Å²) in [7, 11) is 0. The van der Waals surface area contributed by atoms with Crippen LogP contribution in [0.4, 0.5) is 24.5 Å². The Morgan fingerprint density at radius 1 is 0.394 bits per heavy atom. The Hall–Kier alpha value is -11.3. The largest absolute Gasteiger partial charge is 0.350 e. The zero-order valence-corrected chi connectivity index (χ0v) is 63.2. The molecule has 9 aromatic carbocycles. The van der Waals surface area contributed by atoms with E-state index in [0.29, 0.717) is 0 Å². The van der Waals surface area contributed by atoms with Gasteiger partial charge in [-0.15, -0.1) is 0 Å². The van der Waals surface area contributed by atoms with Gasteiger partial charge in [-0.3, -0.25) is 28.8 Å². The van der Waals surface area contributed by atoms with Gasteiger partial charge in [-0.1, -0.05) is 91.0 Å². The summed E-state index contributed by atoms with van der Waals surface area (Å²) in [6.07, 6.45) is 10.9. The van der Waals surface area contributed by atoms with Gasteiger partial charge in [0.1, 0.15) is 17.5 Å². The maximum absolute atomic E-state index is 13.9. The van der Waals surface area contributed by atoms with Crippen LogP contribution in [0.15, 0.2) is 237 Å². The minimum atomic E-state index is -0.793. The molecule has 18 nitrogen and oxygen atoms in total. The Morgan fingerprint density at radius 2 is 0.706 bits per heavy atom. The van der Waals surface area contributed by atoms with Crippen molar-refractivity contribution in [2.75, 3.05) is 9.80 Å². The second-order valence-corrected chi connectivity index (χ2v) is 31.9. The van der Waals surface area contributed by atoms with Crippen LogP contribution in [0.25, 0.3) is 49.8 Å². The Labute approximate surface area is 642 Å². The second-order valence-electron chi connectivity index (χ2n) is 30.7. The number of nitrogens with zero attached hydrogens (tertiary/aromatic N) is 8. The molecular formula is C87H82F3IN12O6. The number of halogens is 4. The van der Waals surface area contributed by atoms with Gasteiger partial charge in [0.15, 0.2) is 0 Å². The SMILES string of the molecule is CC1(C)C(=O)N(c2ccc3c(cnn3-c3ccc(F)cc3)c2)[C@@H](c2ccccc2)[C@@H]1NC(=O)C1CC1.CC1(C)C(=O)N(c2ccc3c(cnn3-c3ccc(F)cc3)c2)[C@H](c2ccccc2)[C@H]1NC(=O)C1CC1.CC1(C)C(=O)N[C@H](c2ccccc2)[C@H]1NC(=O)C1CC1.Fc1ccc(-n2ncc3cc(I)ccc32)cc1. The lowest BCUT2D eigenvalue weighted by Crippen LogP contribution is -2.46. The number of aromatic nitrogens is 6. The average Bonchev–Trinajstić information content (AvgIpc) is 1.58. The number of carbonyl (C=O) groups excluding carboxylic acids is 6. The van der Waals surface area contributed by atoms with Crippen LogP contribution in [-0.4, -0.2) is 82.9 Å². The van der Waals surface area contributed by atoms with E-state index in [0.717, 1.165) is 116 Å². The molecule has 0 unspecified atom stereocenters. The third kappa shape index (κ3) is 14.9. The lowest BCUT2D eigenvalue weighted by atomic mass is 9.82. The molecule has 3 saturated heterocycles. The molecule has 6 atom stereocenters. The van der Waals surface area contributed by atoms with E-state index in [-0.39, 0.29) is 107 Å². The Bertz CT molecular complexity index is 5190. The number of rotatable bonds is 14. The number of hydrogen-bond acceptors (Lipinski definition) is 9. The van der Waals surface area contributed by atoms with E-state index in [4.69, 9.17) is 0 Å². The van der Waals surface area contributed by atoms with Gasteiger partial charge < -0.3 is 31.1 Å². The maximum atomic E-state index is 13.9. The van der Waals surface area contributed by atoms with Gasteiger partial charge in [0, 0.05) is 48.9 Å². The monoisotopic (exact) mass is 1570 g/mol. The van der Waals surface area contributed by atoms with Crippen molar-refractivity contribution < 1.29 is 41.9 Å². The highest BCUT2D eigenvalue weighted by Crippen LogP contribution is 2.50. The van der Waals surface area contributed by atoms with Gasteiger partial charge in [-0.25, -0.2) is 27.2 Å². The van der Waals surface area contributed by atoms with Crippen molar-refractivity contribution >= 4 is 102 Å². The van der Waals surface area contributed by atoms with Crippen molar-refractivity contribution in [3.63, 3.8) is 0 Å². The van der Waals surface area contributed by atoms with E-state index < -0.39 is 16.2 Å². The van der Waals surface area contributed by atoms with E-state index in [1.165, 1.54) is 40.0 Å². The predicted molar refractivity (Wildman–Crippen MR) is 422 cm³/mol. The van der Waals surface area contributed by atoms with E-state index in [1.807, 2.05) is 202 Å². The molecule has 3 aliphatic carbocycles. The zero-order chi connectivity index (χ0) is 76.2. The van der Waals surface area contributed by atoms with Crippen molar-refractivity contribution in [2.45, 2.75) is 116 Å². The molecule has 12 aromatic rings. The molecule has 3 aliphatic heterocycles. The number of carbonyl (C=O) groups is 6. The molecule has 3 saturated carbocycles. The summed E-state index contributed by atoms with van der Waals surface area (Å²) < 4.78 is 46.2. The van der Waals surface area contributed by atoms with Crippen LogP contribution in [0.5, 0.6) is 0 Å². The van der Waals surface area contributed by atoms with Gasteiger partial charge in [0.25, 0.3) is 0 Å². The Balaban J connectivity index is 0.000000121. The fraction of sp³-hybridized carbons (Fsp3) is 0.276. The van der Waals surface area contributed by atoms with Crippen LogP contribution < -0.4 is 31.1 Å². The standard InChI is InChI=1S/2C29H27FN4O2.C16H20N2O2.C13H8FIN2/c2*1-29(2)26(32-27(35)19-8-9-19)25(18-6-4-3-5-7-18)33(28(29)36)23-14-15-24-20(16-23)17-31-34(24)22-12-10-21(30)11-13-22;1-16(2)13(18-14(19)11-8-9-11)12(17-15(16)20)10-6-4-3-5-7-10;14-10-1-4-12(5-2-10)17-13-6-3-11(15)7-9(13)8-16-17/h2*3-7,10-17,19,25-26H,8-9H2,1-2H3,(H,32,35);3-7,11-13H,8-9H2,1-2H3,(H,17,20)(H,18,19);1-8H/t2*25-,26-;12-,13-;/m101./s1. The molecule has 554 valence electrons. The summed E-state index contributed by atoms with van der Waals surface area (Å²) >= 11 is 2.27.